The van der Waals surface area contributed by atoms with E-state index in [1.807, 2.05) is 0 Å². The minimum Gasteiger partial charge on any atom is -0.313 e. The summed E-state index contributed by atoms with van der Waals surface area (Å²) in [5.74, 6) is 1.88. The highest BCUT2D eigenvalue weighted by molar-refractivity contribution is 4.95. The molecule has 1 saturated carbocycles. The molecule has 2 aliphatic rings. The number of hydrogen-bond donors (Lipinski definition) is 1. The van der Waals surface area contributed by atoms with E-state index in [1.54, 1.807) is 0 Å². The van der Waals surface area contributed by atoms with Gasteiger partial charge >= 0.3 is 0 Å². The molecule has 1 saturated heterocycles. The van der Waals surface area contributed by atoms with Crippen LogP contribution in [0.4, 0.5) is 0 Å². The summed E-state index contributed by atoms with van der Waals surface area (Å²) in [6.45, 7) is 15.7. The Hall–Kier alpha value is -0.0800. The van der Waals surface area contributed by atoms with Gasteiger partial charge in [-0.2, -0.15) is 0 Å². The van der Waals surface area contributed by atoms with Crippen LogP contribution in [-0.4, -0.2) is 36.6 Å². The van der Waals surface area contributed by atoms with Crippen molar-refractivity contribution in [2.75, 3.05) is 19.6 Å². The summed E-state index contributed by atoms with van der Waals surface area (Å²) in [6, 6.07) is 1.51. The molecule has 1 aliphatic carbocycles. The van der Waals surface area contributed by atoms with Gasteiger partial charge in [-0.25, -0.2) is 0 Å². The highest BCUT2D eigenvalue weighted by Crippen LogP contribution is 2.40. The van der Waals surface area contributed by atoms with Gasteiger partial charge in [0.15, 0.2) is 0 Å². The van der Waals surface area contributed by atoms with Gasteiger partial charge in [-0.3, -0.25) is 4.90 Å². The number of rotatable bonds is 4. The number of nitrogens with one attached hydrogen (secondary N) is 1. The van der Waals surface area contributed by atoms with E-state index in [1.165, 1.54) is 51.6 Å². The molecular weight excluding hydrogens is 256 g/mol. The van der Waals surface area contributed by atoms with Crippen LogP contribution in [0.25, 0.3) is 0 Å². The lowest BCUT2D eigenvalue weighted by molar-refractivity contribution is 0.0377. The minimum absolute atomic E-state index is 0.469. The lowest BCUT2D eigenvalue weighted by Gasteiger charge is -2.48. The number of hydrogen-bond acceptors (Lipinski definition) is 2. The fourth-order valence-electron chi connectivity index (χ4n) is 4.53. The number of likely N-dealkylation sites (N-methyl/N-ethyl adjacent to an activating group) is 1. The first-order chi connectivity index (χ1) is 9.95. The van der Waals surface area contributed by atoms with Gasteiger partial charge in [0, 0.05) is 12.1 Å². The van der Waals surface area contributed by atoms with Crippen molar-refractivity contribution in [2.24, 2.45) is 17.3 Å². The van der Waals surface area contributed by atoms with Gasteiger partial charge in [0.05, 0.1) is 0 Å². The van der Waals surface area contributed by atoms with Crippen LogP contribution in [-0.2, 0) is 0 Å². The standard InChI is InChI=1S/C19H38N2/c1-6-15-10-12-21(13-11-15)18-14-16(19(3,4)5)8-9-17(18)20-7-2/h15-18,20H,6-14H2,1-5H3. The van der Waals surface area contributed by atoms with Crippen molar-refractivity contribution in [1.82, 2.24) is 10.2 Å². The molecule has 0 radical (unpaired) electrons. The molecule has 21 heavy (non-hydrogen) atoms. The average molecular weight is 295 g/mol. The highest BCUT2D eigenvalue weighted by atomic mass is 15.2. The molecule has 0 aromatic rings. The molecule has 0 spiro atoms. The second-order valence-corrected chi connectivity index (χ2v) is 8.50. The van der Waals surface area contributed by atoms with Gasteiger partial charge in [0.25, 0.3) is 0 Å². The molecule has 2 rings (SSSR count). The van der Waals surface area contributed by atoms with E-state index in [4.69, 9.17) is 0 Å². The molecule has 1 N–H and O–H groups in total. The third-order valence-electron chi connectivity index (χ3n) is 6.20. The molecule has 0 aromatic heterocycles. The van der Waals surface area contributed by atoms with Crippen molar-refractivity contribution in [2.45, 2.75) is 85.2 Å². The Labute approximate surface area is 133 Å². The summed E-state index contributed by atoms with van der Waals surface area (Å²) in [4.78, 5) is 2.83. The first kappa shape index (κ1) is 17.3. The van der Waals surface area contributed by atoms with Crippen LogP contribution in [0.2, 0.25) is 0 Å². The van der Waals surface area contributed by atoms with Crippen LogP contribution in [0.15, 0.2) is 0 Å². The van der Waals surface area contributed by atoms with Crippen molar-refractivity contribution in [3.8, 4) is 0 Å². The molecule has 0 aromatic carbocycles. The number of piperidine rings is 1. The van der Waals surface area contributed by atoms with Crippen molar-refractivity contribution < 1.29 is 0 Å². The molecule has 2 fully saturated rings. The second kappa shape index (κ2) is 7.46. The Morgan fingerprint density at radius 2 is 1.67 bits per heavy atom. The molecule has 124 valence electrons. The van der Waals surface area contributed by atoms with Gasteiger partial charge in [0.2, 0.25) is 0 Å². The monoisotopic (exact) mass is 294 g/mol. The fourth-order valence-corrected chi connectivity index (χ4v) is 4.53. The first-order valence-electron chi connectivity index (χ1n) is 9.43. The lowest BCUT2D eigenvalue weighted by atomic mass is 9.69. The molecule has 0 amide bonds. The fraction of sp³-hybridized carbons (Fsp3) is 1.00. The molecule has 1 heterocycles. The summed E-state index contributed by atoms with van der Waals surface area (Å²) in [5, 5.41) is 3.79. The average Bonchev–Trinajstić information content (AvgIpc) is 2.47. The number of nitrogens with zero attached hydrogens (tertiary/aromatic N) is 1. The third-order valence-corrected chi connectivity index (χ3v) is 6.20. The topological polar surface area (TPSA) is 15.3 Å². The highest BCUT2D eigenvalue weighted by Gasteiger charge is 2.38. The Kier molecular flexibility index (Phi) is 6.14. The summed E-state index contributed by atoms with van der Waals surface area (Å²) >= 11 is 0. The third kappa shape index (κ3) is 4.45. The maximum atomic E-state index is 3.79. The van der Waals surface area contributed by atoms with Crippen molar-refractivity contribution >= 4 is 0 Å². The summed E-state index contributed by atoms with van der Waals surface area (Å²) in [6.07, 6.45) is 8.40. The van der Waals surface area contributed by atoms with Crippen LogP contribution in [0.1, 0.15) is 73.1 Å². The van der Waals surface area contributed by atoms with Gasteiger partial charge in [-0.15, -0.1) is 0 Å². The van der Waals surface area contributed by atoms with Crippen LogP contribution in [0.5, 0.6) is 0 Å². The summed E-state index contributed by atoms with van der Waals surface area (Å²) in [5.41, 5.74) is 0.469. The molecule has 3 atom stereocenters. The largest absolute Gasteiger partial charge is 0.313 e. The zero-order chi connectivity index (χ0) is 15.5. The van der Waals surface area contributed by atoms with E-state index in [9.17, 15) is 0 Å². The maximum Gasteiger partial charge on any atom is 0.0252 e. The molecular formula is C19H38N2. The summed E-state index contributed by atoms with van der Waals surface area (Å²) in [7, 11) is 0. The van der Waals surface area contributed by atoms with Crippen LogP contribution in [0, 0.1) is 17.3 Å². The predicted molar refractivity (Wildman–Crippen MR) is 92.6 cm³/mol. The Morgan fingerprint density at radius 1 is 1.00 bits per heavy atom. The Morgan fingerprint density at radius 3 is 2.19 bits per heavy atom. The predicted octanol–water partition coefficient (Wildman–Crippen LogP) is 4.30. The smallest absolute Gasteiger partial charge is 0.0252 e. The van der Waals surface area contributed by atoms with Gasteiger partial charge < -0.3 is 5.32 Å². The van der Waals surface area contributed by atoms with E-state index in [2.05, 4.69) is 44.8 Å². The maximum absolute atomic E-state index is 3.79. The van der Waals surface area contributed by atoms with E-state index >= 15 is 0 Å². The zero-order valence-electron chi connectivity index (χ0n) is 15.1. The number of likely N-dealkylation sites (tertiary alicyclic amines) is 1. The van der Waals surface area contributed by atoms with E-state index in [0.717, 1.165) is 30.5 Å². The van der Waals surface area contributed by atoms with E-state index in [0.29, 0.717) is 5.41 Å². The molecule has 1 aliphatic heterocycles. The zero-order valence-corrected chi connectivity index (χ0v) is 15.1. The van der Waals surface area contributed by atoms with Gasteiger partial charge in [-0.1, -0.05) is 41.0 Å². The van der Waals surface area contributed by atoms with Crippen molar-refractivity contribution in [3.05, 3.63) is 0 Å². The minimum atomic E-state index is 0.469. The molecule has 2 nitrogen and oxygen atoms in total. The Balaban J connectivity index is 2.00. The van der Waals surface area contributed by atoms with Crippen LogP contribution >= 0.6 is 0 Å². The molecule has 2 heteroatoms. The lowest BCUT2D eigenvalue weighted by Crippen LogP contribution is -2.56. The molecule has 0 bridgehead atoms. The quantitative estimate of drug-likeness (QED) is 0.831. The van der Waals surface area contributed by atoms with Crippen LogP contribution in [0.3, 0.4) is 0 Å². The SMILES string of the molecule is CCNC1CCC(C(C)(C)C)CC1N1CCC(CC)CC1. The van der Waals surface area contributed by atoms with Gasteiger partial charge in [-0.05, 0) is 69.0 Å². The molecule has 3 unspecified atom stereocenters. The van der Waals surface area contributed by atoms with E-state index in [-0.39, 0.29) is 0 Å². The van der Waals surface area contributed by atoms with Crippen molar-refractivity contribution in [3.63, 3.8) is 0 Å². The first-order valence-corrected chi connectivity index (χ1v) is 9.43. The second-order valence-electron chi connectivity index (χ2n) is 8.50. The van der Waals surface area contributed by atoms with Gasteiger partial charge in [0.1, 0.15) is 0 Å². The van der Waals surface area contributed by atoms with E-state index < -0.39 is 0 Å². The van der Waals surface area contributed by atoms with Crippen LogP contribution < -0.4 is 5.32 Å². The summed E-state index contributed by atoms with van der Waals surface area (Å²) < 4.78 is 0. The van der Waals surface area contributed by atoms with Crippen molar-refractivity contribution in [1.29, 1.82) is 0 Å². The Bertz CT molecular complexity index is 299. The normalized spacial score (nSPS) is 33.3.